The summed E-state index contributed by atoms with van der Waals surface area (Å²) in [4.78, 5) is 15.9. The monoisotopic (exact) mass is 599 g/mol. The summed E-state index contributed by atoms with van der Waals surface area (Å²) in [5, 5.41) is 11.2. The Balaban J connectivity index is 1.35. The number of rotatable bonds is 3. The number of nitrogens with zero attached hydrogens (tertiary/aromatic N) is 3. The molecule has 2 heterocycles. The molecule has 0 amide bonds. The van der Waals surface area contributed by atoms with E-state index in [1.165, 1.54) is 10.8 Å². The fraction of sp³-hybridized carbons (Fsp3) is 0. The van der Waals surface area contributed by atoms with Crippen molar-refractivity contribution in [3.8, 4) is 34.2 Å². The number of benzene rings is 8. The maximum Gasteiger partial charge on any atom is 0.167 e. The van der Waals surface area contributed by atoms with E-state index < -0.39 is 0 Å². The summed E-state index contributed by atoms with van der Waals surface area (Å²) in [5.74, 6) is 1.82. The lowest BCUT2D eigenvalue weighted by atomic mass is 9.95. The minimum Gasteiger partial charge on any atom is -0.455 e. The normalized spacial score (nSPS) is 11.8. The van der Waals surface area contributed by atoms with Gasteiger partial charge in [-0.1, -0.05) is 133 Å². The van der Waals surface area contributed by atoms with E-state index >= 15 is 0 Å². The Kier molecular flexibility index (Phi) is 5.54. The Morgan fingerprint density at radius 3 is 1.68 bits per heavy atom. The van der Waals surface area contributed by atoms with Gasteiger partial charge in [-0.25, -0.2) is 15.0 Å². The van der Waals surface area contributed by atoms with Crippen LogP contribution < -0.4 is 0 Å². The minimum absolute atomic E-state index is 0.573. The van der Waals surface area contributed by atoms with Crippen LogP contribution in [0.1, 0.15) is 0 Å². The fourth-order valence-electron chi connectivity index (χ4n) is 7.15. The lowest BCUT2D eigenvalue weighted by molar-refractivity contribution is 0.669. The van der Waals surface area contributed by atoms with Crippen LogP contribution in [0, 0.1) is 0 Å². The van der Waals surface area contributed by atoms with Crippen molar-refractivity contribution in [1.82, 2.24) is 15.0 Å². The van der Waals surface area contributed by atoms with E-state index in [0.717, 1.165) is 70.9 Å². The molecular formula is C43H25N3O. The molecule has 4 nitrogen and oxygen atoms in total. The quantitative estimate of drug-likeness (QED) is 0.150. The van der Waals surface area contributed by atoms with Gasteiger partial charge in [-0.3, -0.25) is 0 Å². The highest BCUT2D eigenvalue weighted by Crippen LogP contribution is 2.40. The molecule has 47 heavy (non-hydrogen) atoms. The van der Waals surface area contributed by atoms with Crippen molar-refractivity contribution in [2.24, 2.45) is 0 Å². The highest BCUT2D eigenvalue weighted by molar-refractivity contribution is 6.15. The van der Waals surface area contributed by atoms with Gasteiger partial charge in [-0.15, -0.1) is 0 Å². The van der Waals surface area contributed by atoms with Crippen LogP contribution in [0.2, 0.25) is 0 Å². The van der Waals surface area contributed by atoms with Crippen molar-refractivity contribution < 1.29 is 4.42 Å². The molecule has 0 aliphatic rings. The predicted octanol–water partition coefficient (Wildman–Crippen LogP) is 11.4. The number of hydrogen-bond acceptors (Lipinski definition) is 4. The van der Waals surface area contributed by atoms with Gasteiger partial charge in [0.25, 0.3) is 0 Å². The first-order valence-electron chi connectivity index (χ1n) is 15.8. The van der Waals surface area contributed by atoms with E-state index in [2.05, 4.69) is 127 Å². The van der Waals surface area contributed by atoms with Crippen LogP contribution in [0.4, 0.5) is 0 Å². The molecule has 218 valence electrons. The molecule has 2 aromatic heterocycles. The van der Waals surface area contributed by atoms with Gasteiger partial charge in [-0.2, -0.15) is 0 Å². The van der Waals surface area contributed by atoms with Crippen LogP contribution in [0.3, 0.4) is 0 Å². The van der Waals surface area contributed by atoms with Crippen LogP contribution in [0.5, 0.6) is 0 Å². The van der Waals surface area contributed by atoms with Crippen LogP contribution >= 0.6 is 0 Å². The summed E-state index contributed by atoms with van der Waals surface area (Å²) < 4.78 is 6.50. The molecule has 0 saturated carbocycles. The van der Waals surface area contributed by atoms with Gasteiger partial charge >= 0.3 is 0 Å². The summed E-state index contributed by atoms with van der Waals surface area (Å²) in [7, 11) is 0. The van der Waals surface area contributed by atoms with E-state index in [9.17, 15) is 0 Å². The summed E-state index contributed by atoms with van der Waals surface area (Å²) in [6.07, 6.45) is 0. The van der Waals surface area contributed by atoms with Crippen LogP contribution in [-0.2, 0) is 0 Å². The molecule has 0 radical (unpaired) electrons. The van der Waals surface area contributed by atoms with Gasteiger partial charge in [0.1, 0.15) is 11.2 Å². The molecule has 0 aliphatic carbocycles. The number of hydrogen-bond donors (Lipinski definition) is 0. The van der Waals surface area contributed by atoms with Crippen molar-refractivity contribution in [3.63, 3.8) is 0 Å². The second kappa shape index (κ2) is 10.1. The number of furan rings is 1. The van der Waals surface area contributed by atoms with E-state index in [4.69, 9.17) is 19.4 Å². The standard InChI is InChI=1S/C43H25N3O/c1-4-15-30-26(11-1)23-24-27-14-9-20-35(38(27)30)41-44-42(36-21-10-19-34-33-18-7-8-22-37(33)47-40(34)36)46-43(45-41)39-31-16-5-2-12-28(31)25-29-13-3-6-17-32(29)39/h1-25H. The Labute approximate surface area is 269 Å². The maximum absolute atomic E-state index is 6.50. The van der Waals surface area contributed by atoms with Crippen LogP contribution in [0.25, 0.3) is 99.2 Å². The highest BCUT2D eigenvalue weighted by atomic mass is 16.3. The molecule has 0 bridgehead atoms. The molecule has 10 rings (SSSR count). The van der Waals surface area contributed by atoms with Gasteiger partial charge < -0.3 is 4.42 Å². The molecule has 0 spiro atoms. The summed E-state index contributed by atoms with van der Waals surface area (Å²) in [6, 6.07) is 52.7. The first-order chi connectivity index (χ1) is 23.3. The first kappa shape index (κ1) is 25.9. The molecule has 0 aliphatic heterocycles. The Hall–Kier alpha value is -6.39. The Bertz CT molecular complexity index is 2810. The van der Waals surface area contributed by atoms with Gasteiger partial charge in [0.2, 0.25) is 0 Å². The van der Waals surface area contributed by atoms with Crippen molar-refractivity contribution >= 4 is 65.0 Å². The molecular weight excluding hydrogens is 574 g/mol. The van der Waals surface area contributed by atoms with Crippen molar-refractivity contribution in [3.05, 3.63) is 152 Å². The highest BCUT2D eigenvalue weighted by Gasteiger charge is 2.21. The molecule has 0 atom stereocenters. The minimum atomic E-state index is 0.573. The Morgan fingerprint density at radius 1 is 0.362 bits per heavy atom. The van der Waals surface area contributed by atoms with Crippen LogP contribution in [-0.4, -0.2) is 15.0 Å². The van der Waals surface area contributed by atoms with Crippen molar-refractivity contribution in [2.75, 3.05) is 0 Å². The number of para-hydroxylation sites is 2. The molecule has 0 N–H and O–H groups in total. The van der Waals surface area contributed by atoms with Gasteiger partial charge in [-0.05, 0) is 55.9 Å². The smallest absolute Gasteiger partial charge is 0.167 e. The lowest BCUT2D eigenvalue weighted by Crippen LogP contribution is -2.02. The molecule has 10 aromatic rings. The molecule has 4 heteroatoms. The van der Waals surface area contributed by atoms with Crippen molar-refractivity contribution in [1.29, 1.82) is 0 Å². The predicted molar refractivity (Wildman–Crippen MR) is 193 cm³/mol. The second-order valence-corrected chi connectivity index (χ2v) is 12.0. The third-order valence-corrected chi connectivity index (χ3v) is 9.29. The summed E-state index contributed by atoms with van der Waals surface area (Å²) >= 11 is 0. The van der Waals surface area contributed by atoms with Gasteiger partial charge in [0.05, 0.1) is 5.56 Å². The summed E-state index contributed by atoms with van der Waals surface area (Å²) in [6.45, 7) is 0. The Morgan fingerprint density at radius 2 is 0.894 bits per heavy atom. The average molecular weight is 600 g/mol. The third kappa shape index (κ3) is 3.98. The number of fused-ring (bicyclic) bond motifs is 8. The average Bonchev–Trinajstić information content (AvgIpc) is 3.52. The zero-order chi connectivity index (χ0) is 30.9. The largest absolute Gasteiger partial charge is 0.455 e. The van der Waals surface area contributed by atoms with Gasteiger partial charge in [0.15, 0.2) is 17.5 Å². The van der Waals surface area contributed by atoms with Crippen LogP contribution in [0.15, 0.2) is 156 Å². The SMILES string of the molecule is c1ccc2c(-c3nc(-c4cccc5c4oc4ccccc45)nc(-c4cccc5ccc6ccccc6c45)n3)c3ccccc3cc2c1. The number of aromatic nitrogens is 3. The molecule has 0 fully saturated rings. The summed E-state index contributed by atoms with van der Waals surface area (Å²) in [5.41, 5.74) is 4.39. The first-order valence-corrected chi connectivity index (χ1v) is 15.8. The second-order valence-electron chi connectivity index (χ2n) is 12.0. The topological polar surface area (TPSA) is 51.8 Å². The van der Waals surface area contributed by atoms with E-state index in [-0.39, 0.29) is 0 Å². The van der Waals surface area contributed by atoms with E-state index in [1.54, 1.807) is 0 Å². The van der Waals surface area contributed by atoms with Gasteiger partial charge in [0, 0.05) is 27.3 Å². The van der Waals surface area contributed by atoms with E-state index in [1.807, 2.05) is 24.3 Å². The molecule has 0 saturated heterocycles. The third-order valence-electron chi connectivity index (χ3n) is 9.29. The maximum atomic E-state index is 6.50. The van der Waals surface area contributed by atoms with E-state index in [0.29, 0.717) is 17.5 Å². The molecule has 0 unspecified atom stereocenters. The lowest BCUT2D eigenvalue weighted by Gasteiger charge is -2.14. The zero-order valence-electron chi connectivity index (χ0n) is 25.2. The fourth-order valence-corrected chi connectivity index (χ4v) is 7.15. The zero-order valence-corrected chi connectivity index (χ0v) is 25.2. The molecule has 8 aromatic carbocycles. The van der Waals surface area contributed by atoms with Crippen molar-refractivity contribution in [2.45, 2.75) is 0 Å².